The van der Waals surface area contributed by atoms with Crippen LogP contribution in [0.2, 0.25) is 0 Å². The van der Waals surface area contributed by atoms with Gasteiger partial charge in [0.15, 0.2) is 0 Å². The molecule has 2 aromatic rings. The van der Waals surface area contributed by atoms with E-state index in [9.17, 15) is 0 Å². The van der Waals surface area contributed by atoms with Gasteiger partial charge in [-0.25, -0.2) is 9.97 Å². The molecular weight excluding hydrogens is 288 g/mol. The van der Waals surface area contributed by atoms with E-state index in [1.165, 1.54) is 12.4 Å². The second kappa shape index (κ2) is 10.1. The Bertz CT molecular complexity index is 461. The lowest BCUT2D eigenvalue weighted by Gasteiger charge is -2.09. The average Bonchev–Trinajstić information content (AvgIpc) is 2.50. The molecule has 22 heavy (non-hydrogen) atoms. The molecule has 1 aliphatic rings. The molecule has 0 aromatic carbocycles. The summed E-state index contributed by atoms with van der Waals surface area (Å²) in [5, 5.41) is 0. The van der Waals surface area contributed by atoms with E-state index in [1.807, 2.05) is 0 Å². The standard InChI is InChI=1S/2C4H6N4.C4H8O2/c2*5-3-1-2-7-4(6)8-3;1-2-6-4-3-5-1/h2*1-2H,(H4,5,6,7,8);1-4H2. The van der Waals surface area contributed by atoms with E-state index in [0.717, 1.165) is 26.4 Å². The minimum Gasteiger partial charge on any atom is -0.384 e. The smallest absolute Gasteiger partial charge is 0.221 e. The Morgan fingerprint density at radius 1 is 0.682 bits per heavy atom. The zero-order chi connectivity index (χ0) is 16.2. The Morgan fingerprint density at radius 2 is 1.05 bits per heavy atom. The first kappa shape index (κ1) is 17.3. The molecule has 120 valence electrons. The second-order valence-corrected chi connectivity index (χ2v) is 3.90. The molecule has 0 unspecified atom stereocenters. The fourth-order valence-electron chi connectivity index (χ4n) is 1.22. The first-order valence-electron chi connectivity index (χ1n) is 6.41. The van der Waals surface area contributed by atoms with E-state index in [-0.39, 0.29) is 11.9 Å². The molecule has 0 amide bonds. The molecule has 2 aromatic heterocycles. The molecule has 0 atom stereocenters. The lowest BCUT2D eigenvalue weighted by atomic mass is 10.6. The van der Waals surface area contributed by atoms with Gasteiger partial charge in [0.2, 0.25) is 11.9 Å². The number of nitrogens with zero attached hydrogens (tertiary/aromatic N) is 4. The number of nitrogens with two attached hydrogens (primary N) is 4. The lowest BCUT2D eigenvalue weighted by molar-refractivity contribution is -0.0334. The number of ether oxygens (including phenoxy) is 2. The van der Waals surface area contributed by atoms with Gasteiger partial charge in [-0.3, -0.25) is 0 Å². The summed E-state index contributed by atoms with van der Waals surface area (Å²) in [6, 6.07) is 3.16. The highest BCUT2D eigenvalue weighted by Crippen LogP contribution is 1.95. The van der Waals surface area contributed by atoms with Crippen LogP contribution in [0.25, 0.3) is 0 Å². The quantitative estimate of drug-likeness (QED) is 0.487. The van der Waals surface area contributed by atoms with Crippen molar-refractivity contribution in [2.45, 2.75) is 0 Å². The normalized spacial score (nSPS) is 13.1. The minimum atomic E-state index is 0.213. The Hall–Kier alpha value is -2.72. The molecule has 10 nitrogen and oxygen atoms in total. The van der Waals surface area contributed by atoms with E-state index >= 15 is 0 Å². The fraction of sp³-hybridized carbons (Fsp3) is 0.333. The summed E-state index contributed by atoms with van der Waals surface area (Å²) in [5.74, 6) is 1.23. The number of hydrogen-bond acceptors (Lipinski definition) is 10. The first-order chi connectivity index (χ1) is 10.6. The van der Waals surface area contributed by atoms with Crippen LogP contribution in [0, 0.1) is 0 Å². The number of aromatic nitrogens is 4. The van der Waals surface area contributed by atoms with Crippen molar-refractivity contribution in [1.29, 1.82) is 0 Å². The third kappa shape index (κ3) is 8.45. The maximum absolute atomic E-state index is 5.23. The van der Waals surface area contributed by atoms with Gasteiger partial charge in [-0.1, -0.05) is 0 Å². The summed E-state index contributed by atoms with van der Waals surface area (Å²) in [6.07, 6.45) is 3.02. The molecule has 0 radical (unpaired) electrons. The lowest BCUT2D eigenvalue weighted by Crippen LogP contribution is -2.16. The van der Waals surface area contributed by atoms with Crippen molar-refractivity contribution in [2.24, 2.45) is 0 Å². The van der Waals surface area contributed by atoms with Crippen molar-refractivity contribution in [3.05, 3.63) is 24.5 Å². The van der Waals surface area contributed by atoms with Crippen molar-refractivity contribution in [3.8, 4) is 0 Å². The van der Waals surface area contributed by atoms with E-state index < -0.39 is 0 Å². The van der Waals surface area contributed by atoms with Gasteiger partial charge < -0.3 is 32.4 Å². The zero-order valence-electron chi connectivity index (χ0n) is 12.1. The van der Waals surface area contributed by atoms with Crippen molar-refractivity contribution in [3.63, 3.8) is 0 Å². The number of nitrogen functional groups attached to an aromatic ring is 4. The predicted molar refractivity (Wildman–Crippen MR) is 83.4 cm³/mol. The third-order valence-electron chi connectivity index (χ3n) is 2.14. The molecule has 0 saturated carbocycles. The molecule has 0 bridgehead atoms. The summed E-state index contributed by atoms with van der Waals surface area (Å²) in [7, 11) is 0. The zero-order valence-corrected chi connectivity index (χ0v) is 12.1. The van der Waals surface area contributed by atoms with Crippen molar-refractivity contribution in [2.75, 3.05) is 49.4 Å². The Labute approximate surface area is 127 Å². The van der Waals surface area contributed by atoms with Gasteiger partial charge in [0, 0.05) is 12.4 Å². The fourth-order valence-corrected chi connectivity index (χ4v) is 1.22. The van der Waals surface area contributed by atoms with Gasteiger partial charge in [0.1, 0.15) is 11.6 Å². The van der Waals surface area contributed by atoms with E-state index in [2.05, 4.69) is 19.9 Å². The highest BCUT2D eigenvalue weighted by Gasteiger charge is 1.94. The van der Waals surface area contributed by atoms with Crippen LogP contribution in [0.4, 0.5) is 23.5 Å². The second-order valence-electron chi connectivity index (χ2n) is 3.90. The molecule has 0 aliphatic carbocycles. The Kier molecular flexibility index (Phi) is 7.93. The van der Waals surface area contributed by atoms with E-state index in [4.69, 9.17) is 32.4 Å². The summed E-state index contributed by atoms with van der Waals surface area (Å²) in [4.78, 5) is 14.5. The average molecular weight is 308 g/mol. The van der Waals surface area contributed by atoms with Crippen LogP contribution < -0.4 is 22.9 Å². The van der Waals surface area contributed by atoms with Gasteiger partial charge in [-0.05, 0) is 12.1 Å². The van der Waals surface area contributed by atoms with Crippen LogP contribution in [0.1, 0.15) is 0 Å². The summed E-state index contributed by atoms with van der Waals surface area (Å²) >= 11 is 0. The largest absolute Gasteiger partial charge is 0.384 e. The molecular formula is C12H20N8O2. The van der Waals surface area contributed by atoms with Crippen LogP contribution in [0.5, 0.6) is 0 Å². The van der Waals surface area contributed by atoms with Crippen LogP contribution in [0.3, 0.4) is 0 Å². The molecule has 10 heteroatoms. The molecule has 1 aliphatic heterocycles. The molecule has 1 saturated heterocycles. The highest BCUT2D eigenvalue weighted by molar-refractivity contribution is 5.31. The SMILES string of the molecule is C1COCCO1.Nc1ccnc(N)n1.Nc1ccnc(N)n1. The van der Waals surface area contributed by atoms with E-state index in [1.54, 1.807) is 12.1 Å². The van der Waals surface area contributed by atoms with Crippen LogP contribution in [-0.4, -0.2) is 46.4 Å². The topological polar surface area (TPSA) is 174 Å². The Balaban J connectivity index is 0.000000167. The van der Waals surface area contributed by atoms with Gasteiger partial charge in [-0.15, -0.1) is 0 Å². The van der Waals surface area contributed by atoms with Gasteiger partial charge >= 0.3 is 0 Å². The van der Waals surface area contributed by atoms with Crippen LogP contribution in [-0.2, 0) is 9.47 Å². The molecule has 3 heterocycles. The summed E-state index contributed by atoms with van der Waals surface area (Å²) in [5.41, 5.74) is 20.8. The molecule has 3 rings (SSSR count). The maximum atomic E-state index is 5.23. The van der Waals surface area contributed by atoms with Crippen LogP contribution >= 0.6 is 0 Å². The van der Waals surface area contributed by atoms with Crippen molar-refractivity contribution in [1.82, 2.24) is 19.9 Å². The molecule has 1 fully saturated rings. The number of anilines is 4. The van der Waals surface area contributed by atoms with Gasteiger partial charge in [-0.2, -0.15) is 9.97 Å². The van der Waals surface area contributed by atoms with Crippen molar-refractivity contribution < 1.29 is 9.47 Å². The highest BCUT2D eigenvalue weighted by atomic mass is 16.6. The van der Waals surface area contributed by atoms with Crippen LogP contribution in [0.15, 0.2) is 24.5 Å². The number of rotatable bonds is 0. The summed E-state index contributed by atoms with van der Waals surface area (Å²) in [6.45, 7) is 3.11. The summed E-state index contributed by atoms with van der Waals surface area (Å²) < 4.78 is 9.89. The van der Waals surface area contributed by atoms with E-state index in [0.29, 0.717) is 11.6 Å². The minimum absolute atomic E-state index is 0.213. The first-order valence-corrected chi connectivity index (χ1v) is 6.41. The Morgan fingerprint density at radius 3 is 1.23 bits per heavy atom. The van der Waals surface area contributed by atoms with Gasteiger partial charge in [0.25, 0.3) is 0 Å². The van der Waals surface area contributed by atoms with Crippen molar-refractivity contribution >= 4 is 23.5 Å². The third-order valence-corrected chi connectivity index (χ3v) is 2.14. The monoisotopic (exact) mass is 308 g/mol. The molecule has 0 spiro atoms. The maximum Gasteiger partial charge on any atom is 0.221 e. The van der Waals surface area contributed by atoms with Gasteiger partial charge in [0.05, 0.1) is 26.4 Å². The predicted octanol–water partition coefficient (Wildman–Crippen LogP) is -0.685. The number of hydrogen-bond donors (Lipinski definition) is 4. The molecule has 8 N–H and O–H groups in total.